The van der Waals surface area contributed by atoms with Gasteiger partial charge in [-0.3, -0.25) is 4.98 Å². The molecule has 0 saturated carbocycles. The quantitative estimate of drug-likeness (QED) is 0.398. The molecule has 0 atom stereocenters. The number of hydrogen-bond donors (Lipinski definition) is 2. The summed E-state index contributed by atoms with van der Waals surface area (Å²) >= 11 is 0. The second kappa shape index (κ2) is 10.3. The summed E-state index contributed by atoms with van der Waals surface area (Å²) in [6.45, 7) is 5.42. The van der Waals surface area contributed by atoms with E-state index in [0.29, 0.717) is 19.7 Å². The molecular weight excluding hydrogens is 306 g/mol. The van der Waals surface area contributed by atoms with Gasteiger partial charge in [-0.1, -0.05) is 13.0 Å². The Morgan fingerprint density at radius 3 is 2.92 bits per heavy atom. The predicted octanol–water partition coefficient (Wildman–Crippen LogP) is 0.617. The van der Waals surface area contributed by atoms with Gasteiger partial charge in [-0.15, -0.1) is 10.2 Å². The van der Waals surface area contributed by atoms with Crippen molar-refractivity contribution in [3.05, 3.63) is 42.2 Å². The maximum atomic E-state index is 5.07. The number of pyridine rings is 1. The summed E-state index contributed by atoms with van der Waals surface area (Å²) in [5.74, 6) is 1.72. The highest BCUT2D eigenvalue weighted by Gasteiger charge is 2.03. The normalized spacial score (nSPS) is 11.5. The predicted molar refractivity (Wildman–Crippen MR) is 92.7 cm³/mol. The first-order valence-electron chi connectivity index (χ1n) is 8.11. The number of nitrogens with zero attached hydrogens (tertiary/aromatic N) is 5. The van der Waals surface area contributed by atoms with Crippen molar-refractivity contribution in [3.8, 4) is 0 Å². The Kier molecular flexibility index (Phi) is 7.69. The summed E-state index contributed by atoms with van der Waals surface area (Å²) < 4.78 is 7.11. The molecule has 0 radical (unpaired) electrons. The standard InChI is InChI=1S/C16H25N7O/c1-3-15-22-21-13-23(15)10-8-18-16(19-9-11-24-2)20-12-14-6-4-5-7-17-14/h4-7,13H,3,8-12H2,1-2H3,(H2,18,19,20). The maximum Gasteiger partial charge on any atom is 0.191 e. The second-order valence-corrected chi connectivity index (χ2v) is 5.13. The minimum absolute atomic E-state index is 0.524. The van der Waals surface area contributed by atoms with E-state index in [-0.39, 0.29) is 0 Å². The van der Waals surface area contributed by atoms with Crippen LogP contribution in [0.3, 0.4) is 0 Å². The minimum Gasteiger partial charge on any atom is -0.383 e. The zero-order valence-electron chi connectivity index (χ0n) is 14.3. The third-order valence-corrected chi connectivity index (χ3v) is 3.38. The lowest BCUT2D eigenvalue weighted by molar-refractivity contribution is 0.203. The summed E-state index contributed by atoms with van der Waals surface area (Å²) in [5.41, 5.74) is 0.928. The van der Waals surface area contributed by atoms with Crippen molar-refractivity contribution in [1.82, 2.24) is 30.4 Å². The number of nitrogens with one attached hydrogen (secondary N) is 2. The van der Waals surface area contributed by atoms with Crippen LogP contribution in [0.4, 0.5) is 0 Å². The summed E-state index contributed by atoms with van der Waals surface area (Å²) in [7, 11) is 1.68. The first-order chi connectivity index (χ1) is 11.8. The van der Waals surface area contributed by atoms with Crippen LogP contribution in [-0.4, -0.2) is 52.5 Å². The van der Waals surface area contributed by atoms with Gasteiger partial charge in [0.2, 0.25) is 0 Å². The number of ether oxygens (including phenoxy) is 1. The number of aromatic nitrogens is 4. The van der Waals surface area contributed by atoms with Crippen LogP contribution in [-0.2, 0) is 24.2 Å². The van der Waals surface area contributed by atoms with Crippen LogP contribution in [0.2, 0.25) is 0 Å². The highest BCUT2D eigenvalue weighted by atomic mass is 16.5. The largest absolute Gasteiger partial charge is 0.383 e. The number of aryl methyl sites for hydroxylation is 1. The number of hydrogen-bond acceptors (Lipinski definition) is 5. The number of rotatable bonds is 9. The maximum absolute atomic E-state index is 5.07. The lowest BCUT2D eigenvalue weighted by Crippen LogP contribution is -2.40. The third kappa shape index (κ3) is 5.96. The van der Waals surface area contributed by atoms with Gasteiger partial charge >= 0.3 is 0 Å². The van der Waals surface area contributed by atoms with Gasteiger partial charge in [0.1, 0.15) is 12.2 Å². The third-order valence-electron chi connectivity index (χ3n) is 3.38. The van der Waals surface area contributed by atoms with E-state index in [4.69, 9.17) is 4.74 Å². The Morgan fingerprint density at radius 1 is 1.29 bits per heavy atom. The van der Waals surface area contributed by atoms with E-state index in [1.165, 1.54) is 0 Å². The zero-order chi connectivity index (χ0) is 17.0. The number of aliphatic imine (C=N–C) groups is 1. The van der Waals surface area contributed by atoms with Gasteiger partial charge in [0.25, 0.3) is 0 Å². The van der Waals surface area contributed by atoms with Crippen LogP contribution in [0.1, 0.15) is 18.4 Å². The van der Waals surface area contributed by atoms with Gasteiger partial charge in [-0.05, 0) is 12.1 Å². The van der Waals surface area contributed by atoms with Crippen LogP contribution in [0.15, 0.2) is 35.7 Å². The van der Waals surface area contributed by atoms with Crippen molar-refractivity contribution >= 4 is 5.96 Å². The minimum atomic E-state index is 0.524. The first kappa shape index (κ1) is 17.9. The van der Waals surface area contributed by atoms with Crippen molar-refractivity contribution in [1.29, 1.82) is 0 Å². The molecular formula is C16H25N7O. The van der Waals surface area contributed by atoms with Crippen molar-refractivity contribution in [3.63, 3.8) is 0 Å². The van der Waals surface area contributed by atoms with Gasteiger partial charge in [-0.25, -0.2) is 4.99 Å². The molecule has 8 heteroatoms. The summed E-state index contributed by atoms with van der Waals surface area (Å²) in [4.78, 5) is 8.85. The fourth-order valence-electron chi connectivity index (χ4n) is 2.13. The lowest BCUT2D eigenvalue weighted by atomic mass is 10.3. The molecule has 8 nitrogen and oxygen atoms in total. The summed E-state index contributed by atoms with van der Waals surface area (Å²) in [6.07, 6.45) is 4.39. The van der Waals surface area contributed by atoms with Crippen molar-refractivity contribution in [2.24, 2.45) is 4.99 Å². The van der Waals surface area contributed by atoms with Gasteiger partial charge in [0, 0.05) is 39.4 Å². The average molecular weight is 331 g/mol. The highest BCUT2D eigenvalue weighted by Crippen LogP contribution is 1.96. The van der Waals surface area contributed by atoms with Crippen LogP contribution in [0.25, 0.3) is 0 Å². The molecule has 2 heterocycles. The van der Waals surface area contributed by atoms with E-state index in [0.717, 1.165) is 37.0 Å². The molecule has 0 aromatic carbocycles. The SMILES string of the molecule is CCc1nncn1CCNC(=NCc1ccccn1)NCCOC. The van der Waals surface area contributed by atoms with E-state index in [9.17, 15) is 0 Å². The van der Waals surface area contributed by atoms with E-state index >= 15 is 0 Å². The molecule has 0 aliphatic carbocycles. The fourth-order valence-corrected chi connectivity index (χ4v) is 2.13. The van der Waals surface area contributed by atoms with Crippen molar-refractivity contribution < 1.29 is 4.74 Å². The van der Waals surface area contributed by atoms with E-state index in [1.54, 1.807) is 19.6 Å². The van der Waals surface area contributed by atoms with E-state index in [1.807, 2.05) is 22.8 Å². The Hall–Kier alpha value is -2.48. The molecule has 0 spiro atoms. The molecule has 0 unspecified atom stereocenters. The molecule has 2 N–H and O–H groups in total. The van der Waals surface area contributed by atoms with Gasteiger partial charge in [0.05, 0.1) is 18.8 Å². The van der Waals surface area contributed by atoms with Crippen LogP contribution in [0, 0.1) is 0 Å². The molecule has 0 aliphatic heterocycles. The lowest BCUT2D eigenvalue weighted by Gasteiger charge is -2.13. The average Bonchev–Trinajstić information content (AvgIpc) is 3.08. The highest BCUT2D eigenvalue weighted by molar-refractivity contribution is 5.79. The molecule has 24 heavy (non-hydrogen) atoms. The van der Waals surface area contributed by atoms with Gasteiger partial charge in [-0.2, -0.15) is 0 Å². The fraction of sp³-hybridized carbons (Fsp3) is 0.500. The zero-order valence-corrected chi connectivity index (χ0v) is 14.3. The van der Waals surface area contributed by atoms with Crippen LogP contribution < -0.4 is 10.6 Å². The molecule has 0 amide bonds. The Morgan fingerprint density at radius 2 is 2.17 bits per heavy atom. The second-order valence-electron chi connectivity index (χ2n) is 5.13. The Labute approximate surface area is 142 Å². The first-order valence-corrected chi connectivity index (χ1v) is 8.11. The van der Waals surface area contributed by atoms with Crippen LogP contribution in [0.5, 0.6) is 0 Å². The number of guanidine groups is 1. The van der Waals surface area contributed by atoms with Crippen molar-refractivity contribution in [2.75, 3.05) is 26.8 Å². The molecule has 0 bridgehead atoms. The monoisotopic (exact) mass is 331 g/mol. The smallest absolute Gasteiger partial charge is 0.191 e. The Bertz CT molecular complexity index is 612. The molecule has 130 valence electrons. The molecule has 0 saturated heterocycles. The van der Waals surface area contributed by atoms with E-state index < -0.39 is 0 Å². The van der Waals surface area contributed by atoms with Crippen LogP contribution >= 0.6 is 0 Å². The molecule has 0 fully saturated rings. The Balaban J connectivity index is 1.87. The molecule has 0 aliphatic rings. The number of methoxy groups -OCH3 is 1. The summed E-state index contributed by atoms with van der Waals surface area (Å²) in [5, 5.41) is 14.6. The molecule has 2 aromatic rings. The van der Waals surface area contributed by atoms with Gasteiger partial charge in [0.15, 0.2) is 5.96 Å². The summed E-state index contributed by atoms with van der Waals surface area (Å²) in [6, 6.07) is 5.82. The molecule has 2 rings (SSSR count). The topological polar surface area (TPSA) is 89.3 Å². The molecule has 2 aromatic heterocycles. The van der Waals surface area contributed by atoms with Crippen molar-refractivity contribution in [2.45, 2.75) is 26.4 Å². The van der Waals surface area contributed by atoms with E-state index in [2.05, 4.69) is 37.7 Å². The van der Waals surface area contributed by atoms with Gasteiger partial charge < -0.3 is 19.9 Å².